The first kappa shape index (κ1) is 30.9. The first-order chi connectivity index (χ1) is 14.4. The molecule has 0 heterocycles. The summed E-state index contributed by atoms with van der Waals surface area (Å²) in [5.74, 6) is -0.115. The molecule has 0 aromatic heterocycles. The van der Waals surface area contributed by atoms with Crippen molar-refractivity contribution in [1.82, 2.24) is 0 Å². The van der Waals surface area contributed by atoms with Crippen LogP contribution in [0.4, 0.5) is 0 Å². The van der Waals surface area contributed by atoms with E-state index in [0.29, 0.717) is 0 Å². The molecule has 1 aliphatic rings. The first-order valence-corrected chi connectivity index (χ1v) is 19.6. The van der Waals surface area contributed by atoms with E-state index in [4.69, 9.17) is 0 Å². The van der Waals surface area contributed by atoms with Crippen LogP contribution in [0.1, 0.15) is 93.6 Å². The number of fused-ring (bicyclic) bond motifs is 1. The molecule has 0 saturated heterocycles. The van der Waals surface area contributed by atoms with Crippen LogP contribution in [0.15, 0.2) is 42.0 Å². The molecular formula is C29H41Cl2SiZr. The fourth-order valence-corrected chi connectivity index (χ4v) is 13.3. The van der Waals surface area contributed by atoms with Crippen molar-refractivity contribution in [3.63, 3.8) is 0 Å². The molecule has 179 valence electrons. The molecule has 1 unspecified atom stereocenters. The van der Waals surface area contributed by atoms with Crippen molar-refractivity contribution in [3.8, 4) is 11.1 Å². The summed E-state index contributed by atoms with van der Waals surface area (Å²) < 4.78 is 0.807. The molecule has 2 aromatic rings. The van der Waals surface area contributed by atoms with E-state index in [-0.39, 0.29) is 41.6 Å². The van der Waals surface area contributed by atoms with E-state index in [1.807, 2.05) is 0 Å². The van der Waals surface area contributed by atoms with Crippen LogP contribution in [-0.4, -0.2) is 5.92 Å². The minimum atomic E-state index is -0.406. The number of unbranched alkanes of at least 4 members (excludes halogenated alkanes) is 1. The largest absolute Gasteiger partial charge is 1.00 e. The molecule has 1 atom stereocenters. The third kappa shape index (κ3) is 7.42. The molecule has 0 aliphatic heterocycles. The van der Waals surface area contributed by atoms with Gasteiger partial charge in [-0.25, -0.2) is 0 Å². The van der Waals surface area contributed by atoms with Gasteiger partial charge in [-0.2, -0.15) is 0 Å². The van der Waals surface area contributed by atoms with Gasteiger partial charge in [-0.15, -0.1) is 0 Å². The maximum Gasteiger partial charge on any atom is -1.00 e. The zero-order valence-electron chi connectivity index (χ0n) is 22.0. The molecule has 1 aliphatic carbocycles. The number of rotatable bonds is 6. The first-order valence-electron chi connectivity index (χ1n) is 12.0. The van der Waals surface area contributed by atoms with Crippen LogP contribution in [0.25, 0.3) is 17.2 Å². The SMILES string of the molecule is CCCCC1=Cc2c(-c3cc(C(C)(C)C)cc(C(C)(C)C)c3)cccc2[CH]1[Zr+2][Si](C)C.[Cl-].[Cl-]. The van der Waals surface area contributed by atoms with Gasteiger partial charge in [0.25, 0.3) is 0 Å². The zero-order valence-corrected chi connectivity index (χ0v) is 27.0. The monoisotopic (exact) mass is 577 g/mol. The Hall–Kier alpha value is -0.140. The van der Waals surface area contributed by atoms with Gasteiger partial charge in [-0.05, 0) is 0 Å². The van der Waals surface area contributed by atoms with E-state index in [0.717, 1.165) is 3.63 Å². The predicted molar refractivity (Wildman–Crippen MR) is 137 cm³/mol. The summed E-state index contributed by atoms with van der Waals surface area (Å²) in [4.78, 5) is 0. The van der Waals surface area contributed by atoms with Gasteiger partial charge in [0.2, 0.25) is 0 Å². The van der Waals surface area contributed by atoms with Crippen molar-refractivity contribution in [2.75, 3.05) is 0 Å². The van der Waals surface area contributed by atoms with E-state index in [1.165, 1.54) is 47.1 Å². The van der Waals surface area contributed by atoms with Crippen molar-refractivity contribution in [2.45, 2.75) is 95.3 Å². The molecule has 4 heteroatoms. The fraction of sp³-hybridized carbons (Fsp3) is 0.517. The number of allylic oxidation sites excluding steroid dienone is 1. The molecular weight excluding hydrogens is 539 g/mol. The summed E-state index contributed by atoms with van der Waals surface area (Å²) in [5, 5.41) is 0. The summed E-state index contributed by atoms with van der Waals surface area (Å²) in [7, 11) is 0. The summed E-state index contributed by atoms with van der Waals surface area (Å²) in [6.45, 7) is 21.4. The van der Waals surface area contributed by atoms with Crippen molar-refractivity contribution in [3.05, 3.63) is 64.2 Å². The molecule has 0 amide bonds. The standard InChI is InChI=1S/C27H35.C2H6Si.2ClH.Zr/c1-8-9-11-19-14-20-12-10-13-24(25(20)15-19)21-16-22(26(2,3)4)18-23(17-21)27(5,6)7;1-3-2;;;/h10,12-18H,8-9,11H2,1-7H3;1-2H3;2*1H;/q;;;;+2/p-2. The smallest absolute Gasteiger partial charge is 1.00 e. The van der Waals surface area contributed by atoms with Crippen molar-refractivity contribution in [1.29, 1.82) is 0 Å². The van der Waals surface area contributed by atoms with Crippen molar-refractivity contribution in [2.24, 2.45) is 0 Å². The van der Waals surface area contributed by atoms with Crippen LogP contribution < -0.4 is 24.8 Å². The Morgan fingerprint density at radius 3 is 1.94 bits per heavy atom. The molecule has 1 radical (unpaired) electrons. The minimum absolute atomic E-state index is 0. The molecule has 0 saturated carbocycles. The Labute approximate surface area is 228 Å². The van der Waals surface area contributed by atoms with Crippen molar-refractivity contribution < 1.29 is 47.2 Å². The zero-order chi connectivity index (χ0) is 23.0. The molecule has 0 fully saturated rings. The van der Waals surface area contributed by atoms with Crippen molar-refractivity contribution >= 4 is 12.0 Å². The number of halogens is 2. The fourth-order valence-electron chi connectivity index (χ4n) is 4.42. The average Bonchev–Trinajstić information content (AvgIpc) is 3.01. The molecule has 3 rings (SSSR count). The topological polar surface area (TPSA) is 0 Å². The Morgan fingerprint density at radius 2 is 1.45 bits per heavy atom. The van der Waals surface area contributed by atoms with E-state index in [1.54, 1.807) is 11.1 Å². The van der Waals surface area contributed by atoms with Crippen LogP contribution in [0.2, 0.25) is 13.1 Å². The second-order valence-corrected chi connectivity index (χ2v) is 24.7. The maximum absolute atomic E-state index is 2.61. The Balaban J connectivity index is 0.00000272. The van der Waals surface area contributed by atoms with Crippen LogP contribution in [0.5, 0.6) is 0 Å². The van der Waals surface area contributed by atoms with Gasteiger partial charge in [-0.1, -0.05) is 0 Å². The third-order valence-corrected chi connectivity index (χ3v) is 15.3. The van der Waals surface area contributed by atoms with Gasteiger partial charge >= 0.3 is 205 Å². The van der Waals surface area contributed by atoms with Crippen LogP contribution in [0.3, 0.4) is 0 Å². The molecule has 0 spiro atoms. The Morgan fingerprint density at radius 1 is 0.879 bits per heavy atom. The quantitative estimate of drug-likeness (QED) is 0.462. The second-order valence-electron chi connectivity index (χ2n) is 11.5. The minimum Gasteiger partial charge on any atom is -1.00 e. The summed E-state index contributed by atoms with van der Waals surface area (Å²) >= 11 is -0.406. The van der Waals surface area contributed by atoms with E-state index in [9.17, 15) is 0 Å². The molecule has 0 nitrogen and oxygen atoms in total. The number of benzene rings is 2. The molecule has 33 heavy (non-hydrogen) atoms. The third-order valence-electron chi connectivity index (χ3n) is 6.38. The maximum atomic E-state index is 2.61. The van der Waals surface area contributed by atoms with E-state index < -0.39 is 22.4 Å². The van der Waals surface area contributed by atoms with Gasteiger partial charge in [0.1, 0.15) is 0 Å². The van der Waals surface area contributed by atoms with Gasteiger partial charge in [0.15, 0.2) is 0 Å². The van der Waals surface area contributed by atoms with Gasteiger partial charge < -0.3 is 24.8 Å². The normalized spacial score (nSPS) is 15.3. The number of hydrogen-bond acceptors (Lipinski definition) is 0. The Bertz CT molecular complexity index is 932. The van der Waals surface area contributed by atoms with Gasteiger partial charge in [-0.3, -0.25) is 0 Å². The van der Waals surface area contributed by atoms with E-state index >= 15 is 0 Å². The summed E-state index contributed by atoms with van der Waals surface area (Å²) in [6.07, 6.45) is 6.52. The summed E-state index contributed by atoms with van der Waals surface area (Å²) in [5.41, 5.74) is 11.0. The van der Waals surface area contributed by atoms with Gasteiger partial charge in [0, 0.05) is 0 Å². The molecule has 2 aromatic carbocycles. The van der Waals surface area contributed by atoms with Crippen LogP contribution in [-0.2, 0) is 33.2 Å². The Kier molecular flexibility index (Phi) is 11.4. The second kappa shape index (κ2) is 12.2. The molecule has 0 N–H and O–H groups in total. The van der Waals surface area contributed by atoms with Crippen LogP contribution in [0, 0.1) is 0 Å². The average molecular weight is 580 g/mol. The molecule has 0 bridgehead atoms. The summed E-state index contributed by atoms with van der Waals surface area (Å²) in [6, 6.07) is 14.5. The number of hydrogen-bond donors (Lipinski definition) is 0. The predicted octanol–water partition coefficient (Wildman–Crippen LogP) is 2.92. The van der Waals surface area contributed by atoms with E-state index in [2.05, 4.69) is 104 Å². The van der Waals surface area contributed by atoms with Crippen LogP contribution >= 0.6 is 0 Å². The van der Waals surface area contributed by atoms with Gasteiger partial charge in [0.05, 0.1) is 0 Å².